The summed E-state index contributed by atoms with van der Waals surface area (Å²) in [4.78, 5) is 0. The first-order valence-corrected chi connectivity index (χ1v) is 7.11. The van der Waals surface area contributed by atoms with Gasteiger partial charge in [0.05, 0.1) is 11.3 Å². The minimum Gasteiger partial charge on any atom is -0.378 e. The summed E-state index contributed by atoms with van der Waals surface area (Å²) in [5.41, 5.74) is 3.03. The van der Waals surface area contributed by atoms with Gasteiger partial charge in [0, 0.05) is 12.7 Å². The van der Waals surface area contributed by atoms with E-state index < -0.39 is 0 Å². The van der Waals surface area contributed by atoms with E-state index in [1.165, 1.54) is 11.5 Å². The quantitative estimate of drug-likeness (QED) is 0.803. The van der Waals surface area contributed by atoms with Gasteiger partial charge in [0.2, 0.25) is 0 Å². The molecular formula is C14H15N5S. The van der Waals surface area contributed by atoms with E-state index in [-0.39, 0.29) is 0 Å². The van der Waals surface area contributed by atoms with Crippen LogP contribution in [0, 0.1) is 13.8 Å². The van der Waals surface area contributed by atoms with Crippen molar-refractivity contribution in [2.24, 2.45) is 0 Å². The van der Waals surface area contributed by atoms with Crippen LogP contribution in [0.25, 0.3) is 17.1 Å². The number of aryl methyl sites for hydroxylation is 2. The summed E-state index contributed by atoms with van der Waals surface area (Å²) in [6.07, 6.45) is 0. The van der Waals surface area contributed by atoms with Gasteiger partial charge >= 0.3 is 0 Å². The molecule has 6 heteroatoms. The number of hydrogen-bond donors (Lipinski definition) is 1. The second kappa shape index (κ2) is 5.05. The van der Waals surface area contributed by atoms with Gasteiger partial charge in [0.15, 0.2) is 5.82 Å². The van der Waals surface area contributed by atoms with Crippen molar-refractivity contribution in [3.8, 4) is 17.1 Å². The van der Waals surface area contributed by atoms with Crippen molar-refractivity contribution in [3.05, 3.63) is 41.9 Å². The van der Waals surface area contributed by atoms with Crippen molar-refractivity contribution in [2.45, 2.75) is 13.8 Å². The smallest absolute Gasteiger partial charge is 0.173 e. The summed E-state index contributed by atoms with van der Waals surface area (Å²) in [5.74, 6) is 1.68. The Hall–Kier alpha value is -2.21. The van der Waals surface area contributed by atoms with E-state index in [9.17, 15) is 0 Å². The molecule has 0 bridgehead atoms. The molecule has 1 N–H and O–H groups in total. The molecule has 0 aliphatic rings. The molecule has 3 rings (SSSR count). The number of benzene rings is 1. The average Bonchev–Trinajstić information content (AvgIpc) is 3.02. The highest BCUT2D eigenvalue weighted by atomic mass is 32.1. The fraction of sp³-hybridized carbons (Fsp3) is 0.214. The van der Waals surface area contributed by atoms with Gasteiger partial charge in [0.1, 0.15) is 10.8 Å². The molecular weight excluding hydrogens is 270 g/mol. The van der Waals surface area contributed by atoms with Crippen LogP contribution < -0.4 is 5.32 Å². The zero-order valence-electron chi connectivity index (χ0n) is 11.6. The molecule has 1 aromatic carbocycles. The first-order valence-electron chi connectivity index (χ1n) is 6.34. The molecule has 0 atom stereocenters. The van der Waals surface area contributed by atoms with Crippen molar-refractivity contribution in [1.82, 2.24) is 19.1 Å². The van der Waals surface area contributed by atoms with Crippen LogP contribution in [0.1, 0.15) is 11.5 Å². The molecule has 102 valence electrons. The number of nitrogens with one attached hydrogen (secondary N) is 1. The molecule has 20 heavy (non-hydrogen) atoms. The molecule has 0 unspecified atom stereocenters. The molecule has 0 radical (unpaired) electrons. The largest absolute Gasteiger partial charge is 0.378 e. The molecule has 0 amide bonds. The first-order chi connectivity index (χ1) is 9.72. The lowest BCUT2D eigenvalue weighted by Gasteiger charge is -2.09. The zero-order valence-corrected chi connectivity index (χ0v) is 12.4. The maximum atomic E-state index is 4.41. The van der Waals surface area contributed by atoms with Gasteiger partial charge in [-0.1, -0.05) is 18.2 Å². The highest BCUT2D eigenvalue weighted by molar-refractivity contribution is 7.10. The minimum absolute atomic E-state index is 0.823. The Morgan fingerprint density at radius 3 is 2.55 bits per heavy atom. The molecule has 0 saturated heterocycles. The van der Waals surface area contributed by atoms with E-state index in [0.717, 1.165) is 33.6 Å². The van der Waals surface area contributed by atoms with E-state index in [0.29, 0.717) is 0 Å². The summed E-state index contributed by atoms with van der Waals surface area (Å²) < 4.78 is 6.46. The fourth-order valence-electron chi connectivity index (χ4n) is 2.21. The monoisotopic (exact) mass is 285 g/mol. The zero-order chi connectivity index (χ0) is 14.1. The van der Waals surface area contributed by atoms with Crippen molar-refractivity contribution < 1.29 is 0 Å². The van der Waals surface area contributed by atoms with Gasteiger partial charge < -0.3 is 5.32 Å². The molecule has 5 nitrogen and oxygen atoms in total. The SMILES string of the molecule is CNc1snc(C)c1-c1nnc(C)n1-c1ccccc1. The lowest BCUT2D eigenvalue weighted by molar-refractivity contribution is 0.971. The van der Waals surface area contributed by atoms with Gasteiger partial charge in [0.25, 0.3) is 0 Å². The van der Waals surface area contributed by atoms with Gasteiger partial charge in [-0.15, -0.1) is 10.2 Å². The maximum Gasteiger partial charge on any atom is 0.173 e. The first kappa shape index (κ1) is 12.8. The Bertz CT molecular complexity index is 729. The Balaban J connectivity index is 2.24. The Kier molecular flexibility index (Phi) is 3.23. The van der Waals surface area contributed by atoms with Crippen LogP contribution >= 0.6 is 11.5 Å². The summed E-state index contributed by atoms with van der Waals surface area (Å²) >= 11 is 1.44. The van der Waals surface area contributed by atoms with Crippen LogP contribution in [0.5, 0.6) is 0 Å². The normalized spacial score (nSPS) is 10.8. The maximum absolute atomic E-state index is 4.41. The predicted octanol–water partition coefficient (Wildman–Crippen LogP) is 3.05. The fourth-order valence-corrected chi connectivity index (χ4v) is 2.96. The lowest BCUT2D eigenvalue weighted by atomic mass is 10.2. The summed E-state index contributed by atoms with van der Waals surface area (Å²) in [6.45, 7) is 3.95. The van der Waals surface area contributed by atoms with E-state index in [1.54, 1.807) is 0 Å². The highest BCUT2D eigenvalue weighted by Gasteiger charge is 2.20. The number of anilines is 1. The minimum atomic E-state index is 0.823. The highest BCUT2D eigenvalue weighted by Crippen LogP contribution is 2.34. The Morgan fingerprint density at radius 1 is 1.10 bits per heavy atom. The van der Waals surface area contributed by atoms with Crippen molar-refractivity contribution in [2.75, 3.05) is 12.4 Å². The molecule has 0 saturated carbocycles. The van der Waals surface area contributed by atoms with Gasteiger partial charge in [-0.05, 0) is 37.5 Å². The molecule has 0 aliphatic carbocycles. The molecule has 0 fully saturated rings. The number of hydrogen-bond acceptors (Lipinski definition) is 5. The van der Waals surface area contributed by atoms with Crippen LogP contribution in [0.4, 0.5) is 5.00 Å². The van der Waals surface area contributed by atoms with Gasteiger partial charge in [-0.3, -0.25) is 4.57 Å². The van der Waals surface area contributed by atoms with Crippen LogP contribution in [0.2, 0.25) is 0 Å². The molecule has 2 aromatic heterocycles. The van der Waals surface area contributed by atoms with E-state index in [4.69, 9.17) is 0 Å². The van der Waals surface area contributed by atoms with Crippen LogP contribution in [0.3, 0.4) is 0 Å². The van der Waals surface area contributed by atoms with Crippen molar-refractivity contribution in [1.29, 1.82) is 0 Å². The number of nitrogens with zero attached hydrogens (tertiary/aromatic N) is 4. The molecule has 3 aromatic rings. The second-order valence-electron chi connectivity index (χ2n) is 4.46. The lowest BCUT2D eigenvalue weighted by Crippen LogP contribution is -2.01. The average molecular weight is 285 g/mol. The van der Waals surface area contributed by atoms with Crippen LogP contribution in [-0.4, -0.2) is 26.2 Å². The van der Waals surface area contributed by atoms with Gasteiger partial charge in [-0.2, -0.15) is 4.37 Å². The standard InChI is InChI=1S/C14H15N5S/c1-9-12(14(15-3)20-18-9)13-17-16-10(2)19(13)11-7-5-4-6-8-11/h4-8,15H,1-3H3. The van der Waals surface area contributed by atoms with E-state index in [2.05, 4.69) is 24.5 Å². The number of aromatic nitrogens is 4. The van der Waals surface area contributed by atoms with Crippen LogP contribution in [0.15, 0.2) is 30.3 Å². The van der Waals surface area contributed by atoms with Crippen LogP contribution in [-0.2, 0) is 0 Å². The summed E-state index contributed by atoms with van der Waals surface area (Å²) in [5, 5.41) is 12.8. The second-order valence-corrected chi connectivity index (χ2v) is 5.24. The van der Waals surface area contributed by atoms with E-state index >= 15 is 0 Å². The number of para-hydroxylation sites is 1. The predicted molar refractivity (Wildman–Crippen MR) is 81.5 cm³/mol. The number of rotatable bonds is 3. The molecule has 0 aliphatic heterocycles. The van der Waals surface area contributed by atoms with Crippen molar-refractivity contribution >= 4 is 16.5 Å². The Labute approximate surface area is 121 Å². The van der Waals surface area contributed by atoms with Crippen molar-refractivity contribution in [3.63, 3.8) is 0 Å². The third kappa shape index (κ3) is 1.98. The summed E-state index contributed by atoms with van der Waals surface area (Å²) in [7, 11) is 1.90. The topological polar surface area (TPSA) is 55.6 Å². The van der Waals surface area contributed by atoms with E-state index in [1.807, 2.05) is 51.2 Å². The molecule has 0 spiro atoms. The third-order valence-corrected chi connectivity index (χ3v) is 4.11. The Morgan fingerprint density at radius 2 is 1.85 bits per heavy atom. The van der Waals surface area contributed by atoms with Gasteiger partial charge in [-0.25, -0.2) is 0 Å². The third-order valence-electron chi connectivity index (χ3n) is 3.15. The summed E-state index contributed by atoms with van der Waals surface area (Å²) in [6, 6.07) is 10.1. The molecule has 2 heterocycles.